The fraction of sp³-hybridized carbons (Fsp3) is 0.0769. The highest BCUT2D eigenvalue weighted by Crippen LogP contribution is 2.25. The maximum Gasteiger partial charge on any atom is 0.328 e. The van der Waals surface area contributed by atoms with Gasteiger partial charge in [0.05, 0.1) is 12.1 Å². The van der Waals surface area contributed by atoms with Crippen LogP contribution in [0.15, 0.2) is 36.5 Å². The minimum absolute atomic E-state index is 0.236. The zero-order valence-electron chi connectivity index (χ0n) is 9.71. The van der Waals surface area contributed by atoms with Crippen molar-refractivity contribution < 1.29 is 19.8 Å². The van der Waals surface area contributed by atoms with Crippen LogP contribution in [-0.4, -0.2) is 26.7 Å². The van der Waals surface area contributed by atoms with Crippen molar-refractivity contribution in [3.8, 4) is 0 Å². The number of carboxylic acid groups (broad SMARTS) is 1. The van der Waals surface area contributed by atoms with Gasteiger partial charge in [-0.1, -0.05) is 11.6 Å². The Morgan fingerprint density at radius 1 is 1.32 bits per heavy atom. The van der Waals surface area contributed by atoms with E-state index in [0.717, 1.165) is 12.2 Å². The summed E-state index contributed by atoms with van der Waals surface area (Å²) in [6.45, 7) is -0.236. The third kappa shape index (κ3) is 2.67. The van der Waals surface area contributed by atoms with Crippen LogP contribution < -0.4 is 0 Å². The first-order valence-electron chi connectivity index (χ1n) is 5.38. The number of aliphatic hydroxyl groups is 1. The van der Waals surface area contributed by atoms with Gasteiger partial charge in [0.2, 0.25) is 0 Å². The lowest BCUT2D eigenvalue weighted by Gasteiger charge is -1.99. The summed E-state index contributed by atoms with van der Waals surface area (Å²) in [7, 11) is 0. The standard InChI is InChI=1S/C13H10ClNO4/c14-9-1-2-11-10(5-9)8(7-16)6-15(11)12(17)3-4-13(18)19/h1-6,16H,7H2,(H,18,19)/b4-3+. The van der Waals surface area contributed by atoms with Gasteiger partial charge in [0.15, 0.2) is 0 Å². The summed E-state index contributed by atoms with van der Waals surface area (Å²) in [4.78, 5) is 22.3. The van der Waals surface area contributed by atoms with E-state index in [1.807, 2.05) is 0 Å². The summed E-state index contributed by atoms with van der Waals surface area (Å²) >= 11 is 5.87. The van der Waals surface area contributed by atoms with Gasteiger partial charge in [-0.25, -0.2) is 4.79 Å². The first-order valence-corrected chi connectivity index (χ1v) is 5.76. The lowest BCUT2D eigenvalue weighted by atomic mass is 10.2. The van der Waals surface area contributed by atoms with Gasteiger partial charge >= 0.3 is 5.97 Å². The van der Waals surface area contributed by atoms with Crippen LogP contribution in [0.5, 0.6) is 0 Å². The minimum Gasteiger partial charge on any atom is -0.478 e. The Balaban J connectivity index is 2.55. The van der Waals surface area contributed by atoms with E-state index in [9.17, 15) is 14.7 Å². The molecule has 0 aliphatic carbocycles. The molecule has 0 spiro atoms. The molecule has 98 valence electrons. The van der Waals surface area contributed by atoms with E-state index in [1.165, 1.54) is 10.8 Å². The molecule has 19 heavy (non-hydrogen) atoms. The van der Waals surface area contributed by atoms with Crippen molar-refractivity contribution in [2.24, 2.45) is 0 Å². The summed E-state index contributed by atoms with van der Waals surface area (Å²) < 4.78 is 1.27. The van der Waals surface area contributed by atoms with Crippen molar-refractivity contribution in [2.75, 3.05) is 0 Å². The van der Waals surface area contributed by atoms with E-state index >= 15 is 0 Å². The molecule has 0 saturated heterocycles. The number of hydrogen-bond donors (Lipinski definition) is 2. The molecular formula is C13H10ClNO4. The highest BCUT2D eigenvalue weighted by Gasteiger charge is 2.12. The van der Waals surface area contributed by atoms with Crippen molar-refractivity contribution in [3.63, 3.8) is 0 Å². The van der Waals surface area contributed by atoms with Crippen molar-refractivity contribution >= 4 is 34.4 Å². The minimum atomic E-state index is -1.20. The molecular weight excluding hydrogens is 270 g/mol. The molecule has 1 aromatic heterocycles. The number of hydrogen-bond acceptors (Lipinski definition) is 3. The van der Waals surface area contributed by atoms with Crippen LogP contribution in [0.1, 0.15) is 10.4 Å². The fourth-order valence-electron chi connectivity index (χ4n) is 1.80. The number of nitrogens with zero attached hydrogens (tertiary/aromatic N) is 1. The Labute approximate surface area is 113 Å². The molecule has 0 aliphatic heterocycles. The van der Waals surface area contributed by atoms with Crippen molar-refractivity contribution in [1.82, 2.24) is 4.57 Å². The molecule has 0 bridgehead atoms. The monoisotopic (exact) mass is 279 g/mol. The molecule has 1 aromatic carbocycles. The molecule has 0 aliphatic rings. The lowest BCUT2D eigenvalue weighted by molar-refractivity contribution is -0.131. The van der Waals surface area contributed by atoms with Crippen LogP contribution in [0, 0.1) is 0 Å². The zero-order chi connectivity index (χ0) is 14.0. The molecule has 0 saturated carbocycles. The van der Waals surface area contributed by atoms with Gasteiger partial charge in [0.25, 0.3) is 5.91 Å². The normalized spacial score (nSPS) is 11.3. The van der Waals surface area contributed by atoms with E-state index in [4.69, 9.17) is 16.7 Å². The average molecular weight is 280 g/mol. The van der Waals surface area contributed by atoms with E-state index < -0.39 is 11.9 Å². The number of carboxylic acids is 1. The van der Waals surface area contributed by atoms with Crippen molar-refractivity contribution in [3.05, 3.63) is 47.1 Å². The van der Waals surface area contributed by atoms with Gasteiger partial charge in [-0.05, 0) is 18.2 Å². The molecule has 0 radical (unpaired) electrons. The molecule has 0 fully saturated rings. The number of allylic oxidation sites excluding steroid dienone is 1. The number of carbonyl (C=O) groups is 2. The van der Waals surface area contributed by atoms with Crippen LogP contribution in [-0.2, 0) is 11.4 Å². The van der Waals surface area contributed by atoms with E-state index in [1.54, 1.807) is 18.2 Å². The van der Waals surface area contributed by atoms with Crippen LogP contribution in [0.2, 0.25) is 5.02 Å². The summed E-state index contributed by atoms with van der Waals surface area (Å²) in [6, 6.07) is 4.91. The number of aliphatic hydroxyl groups excluding tert-OH is 1. The second-order valence-corrected chi connectivity index (χ2v) is 4.29. The maximum atomic E-state index is 11.9. The summed E-state index contributed by atoms with van der Waals surface area (Å²) in [5.41, 5.74) is 1.11. The van der Waals surface area contributed by atoms with Gasteiger partial charge in [-0.2, -0.15) is 0 Å². The molecule has 2 rings (SSSR count). The molecule has 6 heteroatoms. The summed E-state index contributed by atoms with van der Waals surface area (Å²) in [5, 5.41) is 18.9. The smallest absolute Gasteiger partial charge is 0.328 e. The molecule has 0 amide bonds. The predicted octanol–water partition coefficient (Wildman–Crippen LogP) is 2.07. The number of fused-ring (bicyclic) bond motifs is 1. The van der Waals surface area contributed by atoms with Gasteiger partial charge in [0, 0.05) is 34.3 Å². The Bertz CT molecular complexity index is 687. The first kappa shape index (κ1) is 13.3. The Kier molecular flexibility index (Phi) is 3.69. The maximum absolute atomic E-state index is 11.9. The second-order valence-electron chi connectivity index (χ2n) is 3.85. The predicted molar refractivity (Wildman–Crippen MR) is 70.3 cm³/mol. The summed E-state index contributed by atoms with van der Waals surface area (Å²) in [5.74, 6) is -1.70. The van der Waals surface area contributed by atoms with Gasteiger partial charge in [-0.15, -0.1) is 0 Å². The van der Waals surface area contributed by atoms with Gasteiger partial charge < -0.3 is 10.2 Å². The van der Waals surface area contributed by atoms with E-state index in [2.05, 4.69) is 0 Å². The highest BCUT2D eigenvalue weighted by atomic mass is 35.5. The largest absolute Gasteiger partial charge is 0.478 e. The summed E-state index contributed by atoms with van der Waals surface area (Å²) in [6.07, 6.45) is 3.19. The molecule has 2 N–H and O–H groups in total. The van der Waals surface area contributed by atoms with Crippen LogP contribution >= 0.6 is 11.6 Å². The molecule has 1 heterocycles. The number of halogens is 1. The topological polar surface area (TPSA) is 79.5 Å². The van der Waals surface area contributed by atoms with Gasteiger partial charge in [0.1, 0.15) is 0 Å². The average Bonchev–Trinajstić information content (AvgIpc) is 2.73. The van der Waals surface area contributed by atoms with E-state index in [-0.39, 0.29) is 6.61 Å². The second kappa shape index (κ2) is 5.26. The first-order chi connectivity index (χ1) is 9.02. The van der Waals surface area contributed by atoms with Crippen molar-refractivity contribution in [1.29, 1.82) is 0 Å². The Hall–Kier alpha value is -2.11. The van der Waals surface area contributed by atoms with Crippen LogP contribution in [0.4, 0.5) is 0 Å². The SMILES string of the molecule is O=C(O)/C=C/C(=O)n1cc(CO)c2cc(Cl)ccc21. The number of benzene rings is 1. The number of rotatable bonds is 3. The van der Waals surface area contributed by atoms with Crippen LogP contribution in [0.3, 0.4) is 0 Å². The number of aromatic nitrogens is 1. The molecule has 2 aromatic rings. The van der Waals surface area contributed by atoms with Crippen LogP contribution in [0.25, 0.3) is 10.9 Å². The lowest BCUT2D eigenvalue weighted by Crippen LogP contribution is -2.06. The molecule has 5 nitrogen and oxygen atoms in total. The van der Waals surface area contributed by atoms with Gasteiger partial charge in [-0.3, -0.25) is 9.36 Å². The number of aliphatic carboxylic acids is 1. The molecule has 0 atom stereocenters. The third-order valence-corrected chi connectivity index (χ3v) is 2.86. The number of carbonyl (C=O) groups excluding carboxylic acids is 1. The quantitative estimate of drug-likeness (QED) is 0.843. The highest BCUT2D eigenvalue weighted by molar-refractivity contribution is 6.31. The van der Waals surface area contributed by atoms with E-state index in [0.29, 0.717) is 21.5 Å². The Morgan fingerprint density at radius 3 is 2.68 bits per heavy atom. The fourth-order valence-corrected chi connectivity index (χ4v) is 1.97. The third-order valence-electron chi connectivity index (χ3n) is 2.63. The molecule has 0 unspecified atom stereocenters. The Morgan fingerprint density at radius 2 is 2.05 bits per heavy atom. The zero-order valence-corrected chi connectivity index (χ0v) is 10.5. The van der Waals surface area contributed by atoms with Crippen molar-refractivity contribution in [2.45, 2.75) is 6.61 Å².